The molecule has 0 atom stereocenters. The van der Waals surface area contributed by atoms with Crippen LogP contribution in [0.5, 0.6) is 0 Å². The first-order valence-electron chi connectivity index (χ1n) is 7.84. The fourth-order valence-corrected chi connectivity index (χ4v) is 2.28. The van der Waals surface area contributed by atoms with Gasteiger partial charge < -0.3 is 20.1 Å². The standard InChI is InChI=1S/C19H18N2O6/c1-11(22)12-5-4-6-15(8-12)20-19(25)21-16-9-13(17(23)26-2)7-14(10-16)18(24)27-3/h4-10H,1-3H3,(H2,20,21,25). The fourth-order valence-electron chi connectivity index (χ4n) is 2.28. The lowest BCUT2D eigenvalue weighted by molar-refractivity contribution is 0.0599. The normalized spacial score (nSPS) is 9.89. The summed E-state index contributed by atoms with van der Waals surface area (Å²) in [6, 6.07) is 9.84. The summed E-state index contributed by atoms with van der Waals surface area (Å²) in [5.74, 6) is -1.47. The van der Waals surface area contributed by atoms with Crippen LogP contribution in [-0.4, -0.2) is 38.0 Å². The van der Waals surface area contributed by atoms with Gasteiger partial charge in [-0.15, -0.1) is 0 Å². The van der Waals surface area contributed by atoms with Gasteiger partial charge in [0.2, 0.25) is 0 Å². The number of hydrogen-bond donors (Lipinski definition) is 2. The highest BCUT2D eigenvalue weighted by Gasteiger charge is 2.15. The van der Waals surface area contributed by atoms with E-state index in [-0.39, 0.29) is 22.6 Å². The number of urea groups is 1. The molecular weight excluding hydrogens is 352 g/mol. The number of esters is 2. The van der Waals surface area contributed by atoms with Crippen molar-refractivity contribution in [2.75, 3.05) is 24.9 Å². The molecule has 0 aliphatic rings. The monoisotopic (exact) mass is 370 g/mol. The summed E-state index contributed by atoms with van der Waals surface area (Å²) < 4.78 is 9.29. The Morgan fingerprint density at radius 1 is 0.741 bits per heavy atom. The van der Waals surface area contributed by atoms with Gasteiger partial charge in [0.1, 0.15) is 0 Å². The second kappa shape index (κ2) is 8.61. The van der Waals surface area contributed by atoms with Gasteiger partial charge >= 0.3 is 18.0 Å². The molecule has 0 saturated carbocycles. The van der Waals surface area contributed by atoms with Crippen LogP contribution in [0.2, 0.25) is 0 Å². The molecule has 140 valence electrons. The van der Waals surface area contributed by atoms with E-state index >= 15 is 0 Å². The van der Waals surface area contributed by atoms with Gasteiger partial charge in [-0.2, -0.15) is 0 Å². The van der Waals surface area contributed by atoms with Crippen molar-refractivity contribution in [2.45, 2.75) is 6.92 Å². The zero-order valence-corrected chi connectivity index (χ0v) is 15.0. The number of nitrogens with one attached hydrogen (secondary N) is 2. The predicted molar refractivity (Wildman–Crippen MR) is 98.2 cm³/mol. The minimum atomic E-state index is -0.668. The third kappa shape index (κ3) is 5.15. The number of methoxy groups -OCH3 is 2. The van der Waals surface area contributed by atoms with Crippen LogP contribution >= 0.6 is 0 Å². The van der Waals surface area contributed by atoms with Crippen LogP contribution in [0, 0.1) is 0 Å². The maximum Gasteiger partial charge on any atom is 0.337 e. The van der Waals surface area contributed by atoms with Crippen molar-refractivity contribution in [1.29, 1.82) is 0 Å². The van der Waals surface area contributed by atoms with Crippen LogP contribution in [-0.2, 0) is 9.47 Å². The van der Waals surface area contributed by atoms with Gasteiger partial charge in [0, 0.05) is 16.9 Å². The molecule has 8 nitrogen and oxygen atoms in total. The van der Waals surface area contributed by atoms with Crippen molar-refractivity contribution in [3.63, 3.8) is 0 Å². The zero-order chi connectivity index (χ0) is 20.0. The molecule has 0 radical (unpaired) electrons. The molecule has 2 N–H and O–H groups in total. The number of benzene rings is 2. The van der Waals surface area contributed by atoms with Crippen LogP contribution in [0.3, 0.4) is 0 Å². The molecule has 0 fully saturated rings. The molecule has 27 heavy (non-hydrogen) atoms. The summed E-state index contributed by atoms with van der Waals surface area (Å²) >= 11 is 0. The van der Waals surface area contributed by atoms with Crippen LogP contribution in [0.4, 0.5) is 16.2 Å². The van der Waals surface area contributed by atoms with Gasteiger partial charge in [-0.05, 0) is 37.3 Å². The summed E-state index contributed by atoms with van der Waals surface area (Å²) in [5.41, 5.74) is 1.22. The summed E-state index contributed by atoms with van der Waals surface area (Å²) in [4.78, 5) is 47.2. The van der Waals surface area contributed by atoms with Crippen molar-refractivity contribution in [3.05, 3.63) is 59.2 Å². The van der Waals surface area contributed by atoms with Crippen molar-refractivity contribution in [1.82, 2.24) is 0 Å². The molecular formula is C19H18N2O6. The smallest absolute Gasteiger partial charge is 0.337 e. The van der Waals surface area contributed by atoms with E-state index in [1.807, 2.05) is 0 Å². The number of rotatable bonds is 5. The highest BCUT2D eigenvalue weighted by Crippen LogP contribution is 2.18. The lowest BCUT2D eigenvalue weighted by Gasteiger charge is -2.11. The number of amides is 2. The summed E-state index contributed by atoms with van der Waals surface area (Å²) in [6.45, 7) is 1.42. The second-order valence-electron chi connectivity index (χ2n) is 5.50. The molecule has 0 bridgehead atoms. The molecule has 2 rings (SSSR count). The van der Waals surface area contributed by atoms with Crippen LogP contribution in [0.1, 0.15) is 38.0 Å². The van der Waals surface area contributed by atoms with Gasteiger partial charge in [-0.25, -0.2) is 14.4 Å². The molecule has 2 amide bonds. The number of anilines is 2. The fraction of sp³-hybridized carbons (Fsp3) is 0.158. The van der Waals surface area contributed by atoms with Gasteiger partial charge in [-0.1, -0.05) is 12.1 Å². The topological polar surface area (TPSA) is 111 Å². The van der Waals surface area contributed by atoms with E-state index in [4.69, 9.17) is 0 Å². The number of carbonyl (C=O) groups excluding carboxylic acids is 4. The first kappa shape index (κ1) is 19.6. The van der Waals surface area contributed by atoms with Gasteiger partial charge in [-0.3, -0.25) is 4.79 Å². The van der Waals surface area contributed by atoms with E-state index in [1.165, 1.54) is 45.4 Å². The lowest BCUT2D eigenvalue weighted by atomic mass is 10.1. The Hall–Kier alpha value is -3.68. The van der Waals surface area contributed by atoms with E-state index in [2.05, 4.69) is 20.1 Å². The van der Waals surface area contributed by atoms with Crippen molar-refractivity contribution in [2.24, 2.45) is 0 Å². The SMILES string of the molecule is COC(=O)c1cc(NC(=O)Nc2cccc(C(C)=O)c2)cc(C(=O)OC)c1. The molecule has 0 aliphatic carbocycles. The Balaban J connectivity index is 2.23. The summed E-state index contributed by atoms with van der Waals surface area (Å²) in [6.07, 6.45) is 0. The van der Waals surface area contributed by atoms with Crippen molar-refractivity contribution < 1.29 is 28.7 Å². The lowest BCUT2D eigenvalue weighted by Crippen LogP contribution is -2.20. The van der Waals surface area contributed by atoms with E-state index in [9.17, 15) is 19.2 Å². The third-order valence-corrected chi connectivity index (χ3v) is 3.56. The Labute approximate surface area is 155 Å². The quantitative estimate of drug-likeness (QED) is 0.618. The first-order chi connectivity index (χ1) is 12.8. The average molecular weight is 370 g/mol. The molecule has 0 unspecified atom stereocenters. The molecule has 0 aliphatic heterocycles. The van der Waals surface area contributed by atoms with E-state index in [0.717, 1.165) is 0 Å². The second-order valence-corrected chi connectivity index (χ2v) is 5.50. The summed E-state index contributed by atoms with van der Waals surface area (Å²) in [5, 5.41) is 5.10. The molecule has 0 heterocycles. The Bertz CT molecular complexity index is 873. The summed E-state index contributed by atoms with van der Waals surface area (Å²) in [7, 11) is 2.41. The van der Waals surface area contributed by atoms with Crippen LogP contribution < -0.4 is 10.6 Å². The van der Waals surface area contributed by atoms with Gasteiger partial charge in [0.25, 0.3) is 0 Å². The minimum absolute atomic E-state index is 0.0780. The number of hydrogen-bond acceptors (Lipinski definition) is 6. The Morgan fingerprint density at radius 2 is 1.26 bits per heavy atom. The largest absolute Gasteiger partial charge is 0.465 e. The zero-order valence-electron chi connectivity index (χ0n) is 15.0. The molecule has 2 aromatic rings. The van der Waals surface area contributed by atoms with Crippen molar-refractivity contribution >= 4 is 35.1 Å². The predicted octanol–water partition coefficient (Wildman–Crippen LogP) is 3.11. The number of Topliss-reactive ketones (excluding diaryl/α,β-unsaturated/α-hetero) is 1. The number of carbonyl (C=O) groups is 4. The highest BCUT2D eigenvalue weighted by atomic mass is 16.5. The van der Waals surface area contributed by atoms with Crippen LogP contribution in [0.25, 0.3) is 0 Å². The Morgan fingerprint density at radius 3 is 1.78 bits per heavy atom. The van der Waals surface area contributed by atoms with Crippen LogP contribution in [0.15, 0.2) is 42.5 Å². The van der Waals surface area contributed by atoms with E-state index < -0.39 is 18.0 Å². The van der Waals surface area contributed by atoms with Gasteiger partial charge in [0.15, 0.2) is 5.78 Å². The molecule has 0 saturated heterocycles. The molecule has 0 spiro atoms. The average Bonchev–Trinajstić information content (AvgIpc) is 2.66. The molecule has 0 aromatic heterocycles. The maximum atomic E-state index is 12.2. The number of ether oxygens (including phenoxy) is 2. The first-order valence-corrected chi connectivity index (χ1v) is 7.84. The highest BCUT2D eigenvalue weighted by molar-refractivity contribution is 6.03. The minimum Gasteiger partial charge on any atom is -0.465 e. The van der Waals surface area contributed by atoms with Crippen molar-refractivity contribution in [3.8, 4) is 0 Å². The molecule has 8 heteroatoms. The Kier molecular flexibility index (Phi) is 6.27. The molecule has 2 aromatic carbocycles. The van der Waals surface area contributed by atoms with E-state index in [1.54, 1.807) is 18.2 Å². The maximum absolute atomic E-state index is 12.2. The van der Waals surface area contributed by atoms with Gasteiger partial charge in [0.05, 0.1) is 25.3 Å². The van der Waals surface area contributed by atoms with E-state index in [0.29, 0.717) is 11.3 Å². The third-order valence-electron chi connectivity index (χ3n) is 3.56. The number of ketones is 1.